The minimum Gasteiger partial charge on any atom is -0.478 e. The summed E-state index contributed by atoms with van der Waals surface area (Å²) >= 11 is 0. The number of benzene rings is 1. The molecule has 118 valence electrons. The summed E-state index contributed by atoms with van der Waals surface area (Å²) in [5.74, 6) is -1.46. The van der Waals surface area contributed by atoms with E-state index in [2.05, 4.69) is 5.32 Å². The van der Waals surface area contributed by atoms with Crippen LogP contribution in [0.5, 0.6) is 0 Å². The molecule has 0 spiro atoms. The summed E-state index contributed by atoms with van der Waals surface area (Å²) < 4.78 is 37.9. The fourth-order valence-electron chi connectivity index (χ4n) is 1.98. The Hall–Kier alpha value is -1.76. The molecule has 0 aromatic heterocycles. The second-order valence-electron chi connectivity index (χ2n) is 4.83. The van der Waals surface area contributed by atoms with E-state index in [1.165, 1.54) is 0 Å². The van der Waals surface area contributed by atoms with Crippen LogP contribution in [0.2, 0.25) is 0 Å². The van der Waals surface area contributed by atoms with Crippen LogP contribution in [-0.4, -0.2) is 28.3 Å². The molecule has 7 heteroatoms. The van der Waals surface area contributed by atoms with Crippen LogP contribution in [0, 0.1) is 0 Å². The van der Waals surface area contributed by atoms with Crippen molar-refractivity contribution in [3.8, 4) is 0 Å². The molecular weight excluding hydrogens is 287 g/mol. The zero-order valence-electron chi connectivity index (χ0n) is 11.8. The zero-order chi connectivity index (χ0) is 16.3. The van der Waals surface area contributed by atoms with Gasteiger partial charge in [-0.15, -0.1) is 0 Å². The Morgan fingerprint density at radius 2 is 1.81 bits per heavy atom. The van der Waals surface area contributed by atoms with Crippen LogP contribution in [0.3, 0.4) is 0 Å². The van der Waals surface area contributed by atoms with Gasteiger partial charge in [-0.05, 0) is 31.0 Å². The van der Waals surface area contributed by atoms with Gasteiger partial charge in [0.25, 0.3) is 0 Å². The van der Waals surface area contributed by atoms with Gasteiger partial charge in [-0.25, -0.2) is 4.79 Å². The van der Waals surface area contributed by atoms with Crippen LogP contribution in [-0.2, 0) is 6.18 Å². The highest BCUT2D eigenvalue weighted by Gasteiger charge is 2.33. The Bertz CT molecular complexity index is 502. The molecule has 1 aromatic rings. The minimum absolute atomic E-state index is 0.0632. The van der Waals surface area contributed by atoms with Gasteiger partial charge in [0.15, 0.2) is 0 Å². The number of halogens is 3. The lowest BCUT2D eigenvalue weighted by Gasteiger charge is -2.32. The normalized spacial score (nSPS) is 12.3. The summed E-state index contributed by atoms with van der Waals surface area (Å²) in [6.07, 6.45) is -3.60. The highest BCUT2D eigenvalue weighted by molar-refractivity contribution is 5.94. The lowest BCUT2D eigenvalue weighted by Crippen LogP contribution is -2.41. The van der Waals surface area contributed by atoms with Crippen molar-refractivity contribution < 1.29 is 28.2 Å². The number of carbonyl (C=O) groups is 1. The van der Waals surface area contributed by atoms with Gasteiger partial charge in [0, 0.05) is 5.69 Å². The van der Waals surface area contributed by atoms with E-state index in [0.717, 1.165) is 12.1 Å². The van der Waals surface area contributed by atoms with Gasteiger partial charge in [-0.2, -0.15) is 13.2 Å². The van der Waals surface area contributed by atoms with E-state index in [4.69, 9.17) is 5.11 Å². The maximum Gasteiger partial charge on any atom is 0.416 e. The van der Waals surface area contributed by atoms with Crippen molar-refractivity contribution in [2.24, 2.45) is 0 Å². The molecule has 0 fully saturated rings. The molecule has 0 aliphatic carbocycles. The van der Waals surface area contributed by atoms with E-state index in [9.17, 15) is 23.1 Å². The largest absolute Gasteiger partial charge is 0.478 e. The maximum absolute atomic E-state index is 12.6. The number of aliphatic hydroxyl groups is 1. The lowest BCUT2D eigenvalue weighted by atomic mass is 9.92. The molecule has 4 nitrogen and oxygen atoms in total. The molecule has 0 aliphatic heterocycles. The summed E-state index contributed by atoms with van der Waals surface area (Å²) in [6.45, 7) is 3.36. The number of hydrogen-bond acceptors (Lipinski definition) is 3. The fourth-order valence-corrected chi connectivity index (χ4v) is 1.98. The molecular formula is C14H18F3NO3. The Balaban J connectivity index is 3.28. The Morgan fingerprint density at radius 1 is 1.24 bits per heavy atom. The van der Waals surface area contributed by atoms with Gasteiger partial charge in [-0.1, -0.05) is 13.8 Å². The van der Waals surface area contributed by atoms with Crippen LogP contribution in [0.25, 0.3) is 0 Å². The van der Waals surface area contributed by atoms with Gasteiger partial charge < -0.3 is 15.5 Å². The van der Waals surface area contributed by atoms with Crippen molar-refractivity contribution >= 4 is 11.7 Å². The van der Waals surface area contributed by atoms with Crippen LogP contribution in [0.1, 0.15) is 42.6 Å². The average Bonchev–Trinajstić information content (AvgIpc) is 2.43. The van der Waals surface area contributed by atoms with Crippen molar-refractivity contribution in [2.75, 3.05) is 11.9 Å². The van der Waals surface area contributed by atoms with Crippen LogP contribution >= 0.6 is 0 Å². The van der Waals surface area contributed by atoms with Crippen molar-refractivity contribution in [1.29, 1.82) is 0 Å². The number of anilines is 1. The highest BCUT2D eigenvalue weighted by Crippen LogP contribution is 2.33. The summed E-state index contributed by atoms with van der Waals surface area (Å²) in [6, 6.07) is 2.50. The Kier molecular flexibility index (Phi) is 5.22. The first-order chi connectivity index (χ1) is 9.69. The molecule has 0 aliphatic rings. The van der Waals surface area contributed by atoms with Gasteiger partial charge in [-0.3, -0.25) is 0 Å². The summed E-state index contributed by atoms with van der Waals surface area (Å²) in [5, 5.41) is 21.4. The number of carboxylic acids is 1. The van der Waals surface area contributed by atoms with E-state index >= 15 is 0 Å². The molecule has 1 rings (SSSR count). The SMILES string of the molecule is CCC(CC)(CO)Nc1ccc(C(F)(F)F)cc1C(=O)O. The van der Waals surface area contributed by atoms with Crippen molar-refractivity contribution in [3.63, 3.8) is 0 Å². The van der Waals surface area contributed by atoms with Crippen molar-refractivity contribution in [2.45, 2.75) is 38.4 Å². The number of alkyl halides is 3. The van der Waals surface area contributed by atoms with Crippen LogP contribution in [0.15, 0.2) is 18.2 Å². The average molecular weight is 305 g/mol. The molecule has 0 amide bonds. The molecule has 21 heavy (non-hydrogen) atoms. The molecule has 0 heterocycles. The minimum atomic E-state index is -4.60. The molecule has 0 radical (unpaired) electrons. The number of carboxylic acid groups (broad SMARTS) is 1. The third-order valence-electron chi connectivity index (χ3n) is 3.63. The fraction of sp³-hybridized carbons (Fsp3) is 0.500. The smallest absolute Gasteiger partial charge is 0.416 e. The first-order valence-corrected chi connectivity index (χ1v) is 6.52. The maximum atomic E-state index is 12.6. The van der Waals surface area contributed by atoms with Gasteiger partial charge in [0.1, 0.15) is 0 Å². The molecule has 0 saturated carbocycles. The van der Waals surface area contributed by atoms with Crippen LogP contribution < -0.4 is 5.32 Å². The predicted octanol–water partition coefficient (Wildman–Crippen LogP) is 3.37. The summed E-state index contributed by atoms with van der Waals surface area (Å²) in [7, 11) is 0. The van der Waals surface area contributed by atoms with Gasteiger partial charge >= 0.3 is 12.1 Å². The number of nitrogens with one attached hydrogen (secondary N) is 1. The molecule has 0 bridgehead atoms. The number of hydrogen-bond donors (Lipinski definition) is 3. The van der Waals surface area contributed by atoms with E-state index in [-0.39, 0.29) is 12.3 Å². The van der Waals surface area contributed by atoms with E-state index in [1.54, 1.807) is 13.8 Å². The van der Waals surface area contributed by atoms with E-state index in [0.29, 0.717) is 18.9 Å². The highest BCUT2D eigenvalue weighted by atomic mass is 19.4. The van der Waals surface area contributed by atoms with E-state index < -0.39 is 28.8 Å². The predicted molar refractivity (Wildman–Crippen MR) is 72.4 cm³/mol. The van der Waals surface area contributed by atoms with Gasteiger partial charge in [0.2, 0.25) is 0 Å². The number of aliphatic hydroxyl groups excluding tert-OH is 1. The summed E-state index contributed by atoms with van der Waals surface area (Å²) in [5.41, 5.74) is -2.19. The quantitative estimate of drug-likeness (QED) is 0.753. The third-order valence-corrected chi connectivity index (χ3v) is 3.63. The number of rotatable bonds is 6. The zero-order valence-corrected chi connectivity index (χ0v) is 11.8. The molecule has 0 atom stereocenters. The standard InChI is InChI=1S/C14H18F3NO3/c1-3-13(4-2,8-19)18-11-6-5-9(14(15,16)17)7-10(11)12(20)21/h5-7,18-19H,3-4,8H2,1-2H3,(H,20,21). The second-order valence-corrected chi connectivity index (χ2v) is 4.83. The Labute approximate surface area is 120 Å². The topological polar surface area (TPSA) is 69.6 Å². The lowest BCUT2D eigenvalue weighted by molar-refractivity contribution is -0.137. The second kappa shape index (κ2) is 6.34. The van der Waals surface area contributed by atoms with E-state index in [1.807, 2.05) is 0 Å². The molecule has 3 N–H and O–H groups in total. The first kappa shape index (κ1) is 17.3. The van der Waals surface area contributed by atoms with Crippen molar-refractivity contribution in [1.82, 2.24) is 0 Å². The van der Waals surface area contributed by atoms with Crippen molar-refractivity contribution in [3.05, 3.63) is 29.3 Å². The third kappa shape index (κ3) is 3.87. The molecule has 0 unspecified atom stereocenters. The Morgan fingerprint density at radius 3 is 2.19 bits per heavy atom. The first-order valence-electron chi connectivity index (χ1n) is 6.52. The molecule has 0 saturated heterocycles. The molecule has 1 aromatic carbocycles. The monoisotopic (exact) mass is 305 g/mol. The number of aromatic carboxylic acids is 1. The van der Waals surface area contributed by atoms with Gasteiger partial charge in [0.05, 0.1) is 23.3 Å². The summed E-state index contributed by atoms with van der Waals surface area (Å²) in [4.78, 5) is 11.2. The van der Waals surface area contributed by atoms with Crippen LogP contribution in [0.4, 0.5) is 18.9 Å².